The molecule has 0 bridgehead atoms. The second kappa shape index (κ2) is 9.91. The molecule has 9 heteroatoms. The minimum absolute atomic E-state index is 0.299. The van der Waals surface area contributed by atoms with E-state index in [1.54, 1.807) is 12.1 Å². The number of rotatable bonds is 6. The van der Waals surface area contributed by atoms with E-state index in [9.17, 15) is 19.2 Å². The summed E-state index contributed by atoms with van der Waals surface area (Å²) in [5, 5.41) is 2.74. The molecule has 1 aromatic rings. The lowest BCUT2D eigenvalue weighted by Gasteiger charge is -2.29. The quantitative estimate of drug-likeness (QED) is 0.514. The van der Waals surface area contributed by atoms with Gasteiger partial charge >= 0.3 is 5.97 Å². The Balaban J connectivity index is 1.31. The minimum atomic E-state index is -1.08. The van der Waals surface area contributed by atoms with Gasteiger partial charge in [-0.3, -0.25) is 19.3 Å². The number of nitrogens with one attached hydrogen (secondary N) is 1. The highest BCUT2D eigenvalue weighted by Gasteiger charge is 2.51. The van der Waals surface area contributed by atoms with Crippen LogP contribution in [0.3, 0.4) is 0 Å². The van der Waals surface area contributed by atoms with Crippen LogP contribution in [0, 0.1) is 11.8 Å². The summed E-state index contributed by atoms with van der Waals surface area (Å²) in [6, 6.07) is 6.37. The van der Waals surface area contributed by atoms with E-state index in [4.69, 9.17) is 9.47 Å². The van der Waals surface area contributed by atoms with Gasteiger partial charge in [0.1, 0.15) is 6.04 Å². The summed E-state index contributed by atoms with van der Waals surface area (Å²) < 4.78 is 10.7. The topological polar surface area (TPSA) is 105 Å². The third-order valence-corrected chi connectivity index (χ3v) is 6.78. The van der Waals surface area contributed by atoms with E-state index < -0.39 is 24.0 Å². The highest BCUT2D eigenvalue weighted by Crippen LogP contribution is 2.39. The van der Waals surface area contributed by atoms with Crippen LogP contribution in [0.4, 0.5) is 11.4 Å². The Hall–Kier alpha value is -2.94. The number of imide groups is 1. The maximum atomic E-state index is 12.7. The van der Waals surface area contributed by atoms with Gasteiger partial charge in [-0.15, -0.1) is 0 Å². The van der Waals surface area contributed by atoms with Crippen LogP contribution in [0.25, 0.3) is 0 Å². The smallest absolute Gasteiger partial charge is 0.329 e. The molecule has 2 aliphatic heterocycles. The molecule has 2 heterocycles. The van der Waals surface area contributed by atoms with Crippen molar-refractivity contribution in [2.45, 2.75) is 51.7 Å². The van der Waals surface area contributed by atoms with Gasteiger partial charge in [-0.25, -0.2) is 4.79 Å². The van der Waals surface area contributed by atoms with Crippen molar-refractivity contribution in [3.05, 3.63) is 24.3 Å². The van der Waals surface area contributed by atoms with Crippen LogP contribution in [0.1, 0.15) is 39.5 Å². The fraction of sp³-hybridized carbons (Fsp3) is 0.583. The first kappa shape index (κ1) is 23.2. The fourth-order valence-corrected chi connectivity index (χ4v) is 4.82. The van der Waals surface area contributed by atoms with E-state index >= 15 is 0 Å². The lowest BCUT2D eigenvalue weighted by Crippen LogP contribution is -2.46. The highest BCUT2D eigenvalue weighted by molar-refractivity contribution is 6.08. The molecule has 33 heavy (non-hydrogen) atoms. The Labute approximate surface area is 193 Å². The van der Waals surface area contributed by atoms with E-state index in [-0.39, 0.29) is 23.7 Å². The number of amides is 3. The molecule has 3 amide bonds. The van der Waals surface area contributed by atoms with Crippen molar-refractivity contribution >= 4 is 35.1 Å². The first-order valence-corrected chi connectivity index (χ1v) is 11.7. The van der Waals surface area contributed by atoms with E-state index in [0.717, 1.165) is 36.5 Å². The van der Waals surface area contributed by atoms with Crippen LogP contribution < -0.4 is 10.2 Å². The molecule has 3 fully saturated rings. The van der Waals surface area contributed by atoms with Gasteiger partial charge in [0, 0.05) is 24.5 Å². The largest absolute Gasteiger partial charge is 0.451 e. The van der Waals surface area contributed by atoms with Gasteiger partial charge in [-0.1, -0.05) is 12.8 Å². The molecule has 4 rings (SSSR count). The van der Waals surface area contributed by atoms with Crippen LogP contribution in [0.15, 0.2) is 24.3 Å². The number of anilines is 2. The summed E-state index contributed by atoms with van der Waals surface area (Å²) in [6.45, 7) is 5.96. The molecule has 1 saturated carbocycles. The Morgan fingerprint density at radius 1 is 1.00 bits per heavy atom. The summed E-state index contributed by atoms with van der Waals surface area (Å²) >= 11 is 0. The maximum Gasteiger partial charge on any atom is 0.329 e. The van der Waals surface area contributed by atoms with Crippen molar-refractivity contribution in [3.63, 3.8) is 0 Å². The Morgan fingerprint density at radius 2 is 1.58 bits per heavy atom. The van der Waals surface area contributed by atoms with Crippen molar-refractivity contribution in [3.8, 4) is 0 Å². The van der Waals surface area contributed by atoms with Crippen molar-refractivity contribution < 1.29 is 28.7 Å². The number of ether oxygens (including phenoxy) is 2. The lowest BCUT2D eigenvalue weighted by molar-refractivity contribution is -0.163. The van der Waals surface area contributed by atoms with Gasteiger partial charge in [0.2, 0.25) is 11.8 Å². The fourth-order valence-electron chi connectivity index (χ4n) is 4.82. The van der Waals surface area contributed by atoms with Gasteiger partial charge in [-0.2, -0.15) is 0 Å². The highest BCUT2D eigenvalue weighted by atomic mass is 16.5. The lowest BCUT2D eigenvalue weighted by atomic mass is 9.81. The molecular weight excluding hydrogens is 426 g/mol. The zero-order valence-corrected chi connectivity index (χ0v) is 19.1. The number of fused-ring (bicyclic) bond motifs is 1. The monoisotopic (exact) mass is 457 g/mol. The Bertz CT molecular complexity index is 887. The second-order valence-corrected chi connectivity index (χ2v) is 8.93. The second-order valence-electron chi connectivity index (χ2n) is 8.93. The number of morpholine rings is 1. The van der Waals surface area contributed by atoms with E-state index in [1.165, 1.54) is 13.8 Å². The van der Waals surface area contributed by atoms with E-state index in [1.807, 2.05) is 12.1 Å². The van der Waals surface area contributed by atoms with Gasteiger partial charge in [0.25, 0.3) is 5.91 Å². The van der Waals surface area contributed by atoms with Gasteiger partial charge in [0.05, 0.1) is 25.0 Å². The first-order valence-electron chi connectivity index (χ1n) is 11.7. The summed E-state index contributed by atoms with van der Waals surface area (Å²) in [5.41, 5.74) is 1.63. The predicted molar refractivity (Wildman–Crippen MR) is 120 cm³/mol. The van der Waals surface area contributed by atoms with Crippen molar-refractivity contribution in [1.82, 2.24) is 4.90 Å². The maximum absolute atomic E-state index is 12.7. The molecule has 1 aromatic carbocycles. The molecule has 0 spiro atoms. The molecule has 3 aliphatic rings. The minimum Gasteiger partial charge on any atom is -0.451 e. The number of hydrogen-bond acceptors (Lipinski definition) is 7. The van der Waals surface area contributed by atoms with Crippen LogP contribution in [0.5, 0.6) is 0 Å². The molecule has 178 valence electrons. The Kier molecular flexibility index (Phi) is 6.97. The van der Waals surface area contributed by atoms with E-state index in [2.05, 4.69) is 10.2 Å². The van der Waals surface area contributed by atoms with Gasteiger partial charge in [0.15, 0.2) is 6.10 Å². The molecule has 1 aliphatic carbocycles. The summed E-state index contributed by atoms with van der Waals surface area (Å²) in [6.07, 6.45) is 2.11. The first-order chi connectivity index (χ1) is 15.9. The average molecular weight is 458 g/mol. The van der Waals surface area contributed by atoms with Crippen LogP contribution >= 0.6 is 0 Å². The molecule has 3 unspecified atom stereocenters. The predicted octanol–water partition coefficient (Wildman–Crippen LogP) is 1.96. The number of carbonyl (C=O) groups excluding carboxylic acids is 4. The molecule has 9 nitrogen and oxygen atoms in total. The van der Waals surface area contributed by atoms with Crippen molar-refractivity contribution in [1.29, 1.82) is 0 Å². The number of esters is 1. The zero-order valence-electron chi connectivity index (χ0n) is 19.1. The molecule has 0 aromatic heterocycles. The third kappa shape index (κ3) is 4.88. The Morgan fingerprint density at radius 3 is 2.15 bits per heavy atom. The van der Waals surface area contributed by atoms with Crippen molar-refractivity contribution in [2.24, 2.45) is 11.8 Å². The third-order valence-electron chi connectivity index (χ3n) is 6.78. The number of benzene rings is 1. The number of nitrogens with zero attached hydrogens (tertiary/aromatic N) is 2. The van der Waals surface area contributed by atoms with Gasteiger partial charge in [-0.05, 0) is 51.0 Å². The van der Waals surface area contributed by atoms with Crippen LogP contribution in [0.2, 0.25) is 0 Å². The zero-order chi connectivity index (χ0) is 23.5. The molecular formula is C24H31N3O6. The van der Waals surface area contributed by atoms with Crippen LogP contribution in [-0.4, -0.2) is 67.0 Å². The summed E-state index contributed by atoms with van der Waals surface area (Å²) in [7, 11) is 0. The molecule has 1 N–H and O–H groups in total. The average Bonchev–Trinajstić information content (AvgIpc) is 3.09. The number of likely N-dealkylation sites (tertiary alicyclic amines) is 1. The SMILES string of the molecule is CC(OC(=O)[C@H](C)N1C(=O)C2CCCCC2C1=O)C(=O)Nc1ccc(N2CCOCC2)cc1. The number of carbonyl (C=O) groups is 4. The molecule has 0 radical (unpaired) electrons. The molecule has 2 saturated heterocycles. The van der Waals surface area contributed by atoms with E-state index in [0.29, 0.717) is 31.7 Å². The summed E-state index contributed by atoms with van der Waals surface area (Å²) in [5.74, 6) is -2.51. The normalized spacial score (nSPS) is 24.8. The van der Waals surface area contributed by atoms with Crippen LogP contribution in [-0.2, 0) is 28.7 Å². The standard InChI is InChI=1S/C24H31N3O6/c1-15(27-22(29)19-5-3-4-6-20(19)23(27)30)24(31)33-16(2)21(28)25-17-7-9-18(10-8-17)26-11-13-32-14-12-26/h7-10,15-16,19-20H,3-6,11-14H2,1-2H3,(H,25,28)/t15-,16?,19?,20?/m0/s1. The van der Waals surface area contributed by atoms with Gasteiger partial charge < -0.3 is 19.7 Å². The number of hydrogen-bond donors (Lipinski definition) is 1. The molecule has 4 atom stereocenters. The van der Waals surface area contributed by atoms with Crippen molar-refractivity contribution in [2.75, 3.05) is 36.5 Å². The summed E-state index contributed by atoms with van der Waals surface area (Å²) in [4.78, 5) is 53.9.